The minimum absolute atomic E-state index is 0.135. The fourth-order valence-corrected chi connectivity index (χ4v) is 3.72. The molecule has 0 aromatic heterocycles. The number of sulfonamides is 2. The van der Waals surface area contributed by atoms with Crippen molar-refractivity contribution >= 4 is 43.0 Å². The van der Waals surface area contributed by atoms with Gasteiger partial charge in [-0.2, -0.15) is 0 Å². The Labute approximate surface area is 133 Å². The lowest BCUT2D eigenvalue weighted by molar-refractivity contribution is 0.597. The lowest BCUT2D eigenvalue weighted by atomic mass is 10.3. The molecule has 0 aliphatic rings. The summed E-state index contributed by atoms with van der Waals surface area (Å²) in [5.74, 6) is 0. The van der Waals surface area contributed by atoms with Crippen molar-refractivity contribution in [3.8, 4) is 0 Å². The zero-order valence-electron chi connectivity index (χ0n) is 11.0. The third kappa shape index (κ3) is 3.69. The summed E-state index contributed by atoms with van der Waals surface area (Å²) in [5, 5.41) is 5.35. The van der Waals surface area contributed by atoms with Crippen molar-refractivity contribution < 1.29 is 16.8 Å². The highest BCUT2D eigenvalue weighted by Gasteiger charge is 2.20. The van der Waals surface area contributed by atoms with Crippen LogP contribution in [-0.4, -0.2) is 16.8 Å². The van der Waals surface area contributed by atoms with E-state index in [9.17, 15) is 16.8 Å². The lowest BCUT2D eigenvalue weighted by Crippen LogP contribution is -2.17. The van der Waals surface area contributed by atoms with Gasteiger partial charge in [-0.3, -0.25) is 4.72 Å². The van der Waals surface area contributed by atoms with Crippen LogP contribution < -0.4 is 15.6 Å². The molecule has 0 aliphatic heterocycles. The van der Waals surface area contributed by atoms with Gasteiger partial charge >= 0.3 is 0 Å². The highest BCUT2D eigenvalue weighted by atomic mass is 35.5. The van der Waals surface area contributed by atoms with Crippen molar-refractivity contribution in [3.05, 3.63) is 47.5 Å². The Morgan fingerprint density at radius 2 is 1.68 bits per heavy atom. The minimum Gasteiger partial charge on any atom is -0.398 e. The predicted molar refractivity (Wildman–Crippen MR) is 84.5 cm³/mol. The summed E-state index contributed by atoms with van der Waals surface area (Å²) in [6, 6.07) is 9.31. The first-order chi connectivity index (χ1) is 10.1. The molecule has 2 aromatic rings. The van der Waals surface area contributed by atoms with Crippen LogP contribution in [0.15, 0.2) is 52.3 Å². The number of nitrogen functional groups attached to an aromatic ring is 1. The van der Waals surface area contributed by atoms with Gasteiger partial charge in [0, 0.05) is 5.02 Å². The molecule has 0 atom stereocenters. The fraction of sp³-hybridized carbons (Fsp3) is 0. The summed E-state index contributed by atoms with van der Waals surface area (Å²) in [6.07, 6.45) is 0. The van der Waals surface area contributed by atoms with Gasteiger partial charge in [0.15, 0.2) is 0 Å². The molecule has 0 bridgehead atoms. The van der Waals surface area contributed by atoms with Crippen LogP contribution in [0.2, 0.25) is 5.02 Å². The van der Waals surface area contributed by atoms with Gasteiger partial charge in [0.05, 0.1) is 16.3 Å². The molecule has 2 rings (SSSR count). The molecule has 0 fully saturated rings. The molecule has 0 saturated carbocycles. The Morgan fingerprint density at radius 3 is 2.27 bits per heavy atom. The average molecular weight is 362 g/mol. The fourth-order valence-electron chi connectivity index (χ4n) is 1.69. The van der Waals surface area contributed by atoms with E-state index >= 15 is 0 Å². The van der Waals surface area contributed by atoms with E-state index in [1.807, 2.05) is 0 Å². The first-order valence-corrected chi connectivity index (χ1v) is 9.21. The van der Waals surface area contributed by atoms with E-state index in [0.717, 1.165) is 12.1 Å². The highest BCUT2D eigenvalue weighted by Crippen LogP contribution is 2.24. The van der Waals surface area contributed by atoms with Crippen LogP contribution in [0.25, 0.3) is 0 Å². The Kier molecular flexibility index (Phi) is 4.34. The molecular formula is C12H12ClN3O4S2. The van der Waals surface area contributed by atoms with E-state index < -0.39 is 24.9 Å². The van der Waals surface area contributed by atoms with Crippen molar-refractivity contribution in [1.82, 2.24) is 0 Å². The summed E-state index contributed by atoms with van der Waals surface area (Å²) >= 11 is 5.78. The van der Waals surface area contributed by atoms with Crippen molar-refractivity contribution in [1.29, 1.82) is 0 Å². The van der Waals surface area contributed by atoms with E-state index in [1.165, 1.54) is 18.2 Å². The van der Waals surface area contributed by atoms with Gasteiger partial charge < -0.3 is 5.73 Å². The molecule has 118 valence electrons. The van der Waals surface area contributed by atoms with Gasteiger partial charge in [-0.15, -0.1) is 0 Å². The average Bonchev–Trinajstić information content (AvgIpc) is 2.36. The second-order valence-corrected chi connectivity index (χ2v) is 8.01. The Hall–Kier alpha value is -1.81. The van der Waals surface area contributed by atoms with Crippen LogP contribution in [0.5, 0.6) is 0 Å². The van der Waals surface area contributed by atoms with Crippen molar-refractivity contribution in [3.63, 3.8) is 0 Å². The third-order valence-electron chi connectivity index (χ3n) is 2.68. The van der Waals surface area contributed by atoms with Crippen LogP contribution in [0.3, 0.4) is 0 Å². The summed E-state index contributed by atoms with van der Waals surface area (Å²) in [6.45, 7) is 0. The second-order valence-electron chi connectivity index (χ2n) is 4.36. The number of benzene rings is 2. The number of anilines is 2. The number of primary sulfonamides is 1. The van der Waals surface area contributed by atoms with Gasteiger partial charge in [-0.1, -0.05) is 17.7 Å². The van der Waals surface area contributed by atoms with Gasteiger partial charge in [-0.25, -0.2) is 22.0 Å². The van der Waals surface area contributed by atoms with E-state index in [4.69, 9.17) is 22.5 Å². The van der Waals surface area contributed by atoms with Crippen LogP contribution in [-0.2, 0) is 20.0 Å². The topological polar surface area (TPSA) is 132 Å². The molecule has 0 heterocycles. The first kappa shape index (κ1) is 16.6. The SMILES string of the molecule is Nc1ccc(S(=O)(=O)Nc2cccc(Cl)c2)cc1S(N)(=O)=O. The van der Waals surface area contributed by atoms with Crippen LogP contribution in [0, 0.1) is 0 Å². The molecule has 0 spiro atoms. The smallest absolute Gasteiger partial charge is 0.261 e. The maximum atomic E-state index is 12.3. The van der Waals surface area contributed by atoms with E-state index in [0.29, 0.717) is 5.02 Å². The van der Waals surface area contributed by atoms with E-state index in [2.05, 4.69) is 4.72 Å². The molecule has 5 N–H and O–H groups in total. The molecule has 0 saturated heterocycles. The van der Waals surface area contributed by atoms with Crippen molar-refractivity contribution in [2.75, 3.05) is 10.5 Å². The molecular weight excluding hydrogens is 350 g/mol. The molecule has 10 heteroatoms. The zero-order chi connectivity index (χ0) is 16.5. The molecule has 0 radical (unpaired) electrons. The Bertz CT molecular complexity index is 927. The zero-order valence-corrected chi connectivity index (χ0v) is 13.4. The second kappa shape index (κ2) is 5.76. The molecule has 0 unspecified atom stereocenters. The van der Waals surface area contributed by atoms with Gasteiger partial charge in [0.25, 0.3) is 10.0 Å². The van der Waals surface area contributed by atoms with E-state index in [1.54, 1.807) is 12.1 Å². The van der Waals surface area contributed by atoms with Crippen molar-refractivity contribution in [2.45, 2.75) is 9.79 Å². The normalized spacial score (nSPS) is 12.1. The summed E-state index contributed by atoms with van der Waals surface area (Å²) in [7, 11) is -8.15. The number of hydrogen-bond donors (Lipinski definition) is 3. The molecule has 22 heavy (non-hydrogen) atoms. The standard InChI is InChI=1S/C12H12ClN3O4S2/c13-8-2-1-3-9(6-8)16-22(19,20)10-4-5-11(14)12(7-10)21(15,17)18/h1-7,16H,14H2,(H2,15,17,18). The number of nitrogens with two attached hydrogens (primary N) is 2. The Balaban J connectivity index is 2.46. The molecule has 0 amide bonds. The van der Waals surface area contributed by atoms with Crippen LogP contribution >= 0.6 is 11.6 Å². The van der Waals surface area contributed by atoms with E-state index in [-0.39, 0.29) is 16.3 Å². The Morgan fingerprint density at radius 1 is 1.00 bits per heavy atom. The molecule has 7 nitrogen and oxygen atoms in total. The summed E-state index contributed by atoms with van der Waals surface area (Å²) in [4.78, 5) is -0.743. The minimum atomic E-state index is -4.13. The third-order valence-corrected chi connectivity index (χ3v) is 5.26. The predicted octanol–water partition coefficient (Wildman–Crippen LogP) is 1.37. The number of nitrogens with one attached hydrogen (secondary N) is 1. The number of halogens is 1. The molecule has 0 aliphatic carbocycles. The van der Waals surface area contributed by atoms with Crippen LogP contribution in [0.4, 0.5) is 11.4 Å². The summed E-state index contributed by atoms with van der Waals surface area (Å²) < 4.78 is 49.6. The summed E-state index contributed by atoms with van der Waals surface area (Å²) in [5.41, 5.74) is 5.60. The van der Waals surface area contributed by atoms with Crippen LogP contribution in [0.1, 0.15) is 0 Å². The largest absolute Gasteiger partial charge is 0.398 e. The number of hydrogen-bond acceptors (Lipinski definition) is 5. The monoisotopic (exact) mass is 361 g/mol. The maximum Gasteiger partial charge on any atom is 0.261 e. The quantitative estimate of drug-likeness (QED) is 0.707. The van der Waals surface area contributed by atoms with Gasteiger partial charge in [0.2, 0.25) is 10.0 Å². The first-order valence-electron chi connectivity index (χ1n) is 5.80. The highest BCUT2D eigenvalue weighted by molar-refractivity contribution is 7.93. The van der Waals surface area contributed by atoms with Crippen molar-refractivity contribution in [2.24, 2.45) is 5.14 Å². The lowest BCUT2D eigenvalue weighted by Gasteiger charge is -2.10. The van der Waals surface area contributed by atoms with Gasteiger partial charge in [-0.05, 0) is 36.4 Å². The van der Waals surface area contributed by atoms with Gasteiger partial charge in [0.1, 0.15) is 4.90 Å². The molecule has 2 aromatic carbocycles. The maximum absolute atomic E-state index is 12.3. The number of rotatable bonds is 4.